The molecule has 1 amide bonds. The van der Waals surface area contributed by atoms with Gasteiger partial charge >= 0.3 is 0 Å². The van der Waals surface area contributed by atoms with Crippen molar-refractivity contribution in [2.24, 2.45) is 0 Å². The van der Waals surface area contributed by atoms with E-state index in [1.165, 1.54) is 0 Å². The number of fused-ring (bicyclic) bond motifs is 1. The van der Waals surface area contributed by atoms with Gasteiger partial charge in [0.15, 0.2) is 6.54 Å². The minimum atomic E-state index is -0.289. The van der Waals surface area contributed by atoms with E-state index in [0.717, 1.165) is 27.1 Å². The van der Waals surface area contributed by atoms with Gasteiger partial charge in [-0.2, -0.15) is 0 Å². The van der Waals surface area contributed by atoms with Crippen LogP contribution in [0, 0.1) is 6.92 Å². The third-order valence-electron chi connectivity index (χ3n) is 5.07. The van der Waals surface area contributed by atoms with Crippen LogP contribution in [0.25, 0.3) is 10.9 Å². The van der Waals surface area contributed by atoms with Crippen molar-refractivity contribution in [3.8, 4) is 0 Å². The van der Waals surface area contributed by atoms with Crippen molar-refractivity contribution in [3.63, 3.8) is 0 Å². The number of rotatable bonds is 5. The minimum Gasteiger partial charge on any atom is -0.378 e. The number of nitrogens with zero attached hydrogens (tertiary/aromatic N) is 1. The van der Waals surface area contributed by atoms with Crippen molar-refractivity contribution < 1.29 is 19.2 Å². The molecule has 1 aliphatic heterocycles. The molecule has 6 heteroatoms. The molecule has 134 valence electrons. The summed E-state index contributed by atoms with van der Waals surface area (Å²) in [4.78, 5) is 31.5. The van der Waals surface area contributed by atoms with Gasteiger partial charge in [0.1, 0.15) is 6.04 Å². The van der Waals surface area contributed by atoms with Crippen LogP contribution in [0.15, 0.2) is 24.3 Å². The average Bonchev–Trinajstić information content (AvgIpc) is 2.96. The highest BCUT2D eigenvalue weighted by Crippen LogP contribution is 2.22. The number of hydrogen-bond donors (Lipinski definition) is 2. The van der Waals surface area contributed by atoms with Crippen molar-refractivity contribution in [2.45, 2.75) is 19.9 Å². The van der Waals surface area contributed by atoms with Gasteiger partial charge in [-0.05, 0) is 19.9 Å². The van der Waals surface area contributed by atoms with Gasteiger partial charge in [-0.1, -0.05) is 18.2 Å². The predicted molar refractivity (Wildman–Crippen MR) is 96.0 cm³/mol. The average molecular weight is 344 g/mol. The fourth-order valence-corrected chi connectivity index (χ4v) is 3.35. The summed E-state index contributed by atoms with van der Waals surface area (Å²) >= 11 is 0. The van der Waals surface area contributed by atoms with E-state index in [9.17, 15) is 9.59 Å². The number of ether oxygens (including phenoxy) is 1. The first-order valence-electron chi connectivity index (χ1n) is 8.78. The lowest BCUT2D eigenvalue weighted by Gasteiger charge is -2.28. The fraction of sp³-hybridized carbons (Fsp3) is 0.474. The Hall–Kier alpha value is -2.18. The van der Waals surface area contributed by atoms with Gasteiger partial charge in [0.05, 0.1) is 25.8 Å². The Morgan fingerprint density at radius 3 is 2.68 bits per heavy atom. The molecule has 0 aliphatic carbocycles. The van der Waals surface area contributed by atoms with Crippen LogP contribution in [0.1, 0.15) is 23.0 Å². The highest BCUT2D eigenvalue weighted by Gasteiger charge is 2.30. The molecule has 1 saturated heterocycles. The lowest BCUT2D eigenvalue weighted by atomic mass is 10.0. The van der Waals surface area contributed by atoms with Gasteiger partial charge in [-0.15, -0.1) is 0 Å². The van der Waals surface area contributed by atoms with E-state index in [4.69, 9.17) is 4.74 Å². The molecule has 1 fully saturated rings. The number of carbonyl (C=O) groups is 2. The summed E-state index contributed by atoms with van der Waals surface area (Å²) in [5.41, 5.74) is 2.59. The molecule has 0 saturated carbocycles. The van der Waals surface area contributed by atoms with Crippen molar-refractivity contribution in [1.29, 1.82) is 0 Å². The second kappa shape index (κ2) is 7.37. The lowest BCUT2D eigenvalue weighted by Crippen LogP contribution is -3.14. The summed E-state index contributed by atoms with van der Waals surface area (Å²) in [5.74, 6) is 0.151. The number of ketones is 1. The van der Waals surface area contributed by atoms with Crippen molar-refractivity contribution >= 4 is 22.6 Å². The number of quaternary nitrogens is 1. The molecule has 0 radical (unpaired) electrons. The zero-order chi connectivity index (χ0) is 18.0. The van der Waals surface area contributed by atoms with Crippen molar-refractivity contribution in [1.82, 2.24) is 9.88 Å². The van der Waals surface area contributed by atoms with E-state index >= 15 is 0 Å². The predicted octanol–water partition coefficient (Wildman–Crippen LogP) is 0.421. The molecule has 3 rings (SSSR count). The second-order valence-corrected chi connectivity index (χ2v) is 6.77. The number of morpholine rings is 1. The maximum Gasteiger partial charge on any atom is 0.277 e. The number of para-hydroxylation sites is 1. The topological polar surface area (TPSA) is 66.8 Å². The number of benzene rings is 1. The Kier molecular flexibility index (Phi) is 5.20. The highest BCUT2D eigenvalue weighted by atomic mass is 16.5. The van der Waals surface area contributed by atoms with Gasteiger partial charge in [0, 0.05) is 29.7 Å². The van der Waals surface area contributed by atoms with Crippen LogP contribution in [0.5, 0.6) is 0 Å². The number of aryl methyl sites for hydroxylation is 1. The second-order valence-electron chi connectivity index (χ2n) is 6.77. The summed E-state index contributed by atoms with van der Waals surface area (Å²) in [6.07, 6.45) is 0. The number of nitrogens with one attached hydrogen (secondary N) is 2. The number of H-pyrrole nitrogens is 1. The zero-order valence-electron chi connectivity index (χ0n) is 15.1. The smallest absolute Gasteiger partial charge is 0.277 e. The Morgan fingerprint density at radius 2 is 1.96 bits per heavy atom. The maximum atomic E-state index is 13.1. The number of amides is 1. The zero-order valence-corrected chi connectivity index (χ0v) is 15.1. The Labute approximate surface area is 147 Å². The monoisotopic (exact) mass is 344 g/mol. The van der Waals surface area contributed by atoms with Crippen LogP contribution in [0.2, 0.25) is 0 Å². The number of likely N-dealkylation sites (N-methyl/N-ethyl adjacent to an activating group) is 1. The number of aromatic amines is 1. The first-order chi connectivity index (χ1) is 12.0. The summed E-state index contributed by atoms with van der Waals surface area (Å²) in [6.45, 7) is 6.58. The quantitative estimate of drug-likeness (QED) is 0.773. The molecule has 0 spiro atoms. The fourth-order valence-electron chi connectivity index (χ4n) is 3.35. The highest BCUT2D eigenvalue weighted by molar-refractivity contribution is 6.10. The lowest BCUT2D eigenvalue weighted by molar-refractivity contribution is -0.885. The molecule has 2 aromatic rings. The van der Waals surface area contributed by atoms with Gasteiger partial charge < -0.3 is 19.5 Å². The summed E-state index contributed by atoms with van der Waals surface area (Å²) in [6, 6.07) is 7.54. The SMILES string of the molecule is Cc1[nH]c2ccccc2c1C(=O)[C@H](C)[NH+](C)CC(=O)N1CCOCC1. The van der Waals surface area contributed by atoms with E-state index in [-0.39, 0.29) is 17.7 Å². The largest absolute Gasteiger partial charge is 0.378 e. The van der Waals surface area contributed by atoms with E-state index < -0.39 is 0 Å². The van der Waals surface area contributed by atoms with Crippen LogP contribution in [0.3, 0.4) is 0 Å². The van der Waals surface area contributed by atoms with Gasteiger partial charge in [-0.25, -0.2) is 0 Å². The summed E-state index contributed by atoms with van der Waals surface area (Å²) in [5, 5.41) is 0.948. The van der Waals surface area contributed by atoms with Crippen LogP contribution in [0.4, 0.5) is 0 Å². The molecule has 1 aromatic heterocycles. The molecule has 1 aliphatic rings. The van der Waals surface area contributed by atoms with Gasteiger partial charge in [0.25, 0.3) is 5.91 Å². The maximum absolute atomic E-state index is 13.1. The third-order valence-corrected chi connectivity index (χ3v) is 5.07. The minimum absolute atomic E-state index is 0.0715. The van der Waals surface area contributed by atoms with Crippen LogP contribution in [-0.4, -0.2) is 67.5 Å². The first kappa shape index (κ1) is 17.6. The number of Topliss-reactive ketones (excluding diaryl/α,β-unsaturated/α-hetero) is 1. The van der Waals surface area contributed by atoms with Crippen molar-refractivity contribution in [2.75, 3.05) is 39.9 Å². The third kappa shape index (κ3) is 3.60. The van der Waals surface area contributed by atoms with E-state index in [1.54, 1.807) is 0 Å². The number of carbonyl (C=O) groups excluding carboxylic acids is 2. The number of aromatic nitrogens is 1. The molecule has 6 nitrogen and oxygen atoms in total. The Morgan fingerprint density at radius 1 is 1.28 bits per heavy atom. The van der Waals surface area contributed by atoms with Crippen molar-refractivity contribution in [3.05, 3.63) is 35.5 Å². The molecule has 2 N–H and O–H groups in total. The molecule has 0 bridgehead atoms. The summed E-state index contributed by atoms with van der Waals surface area (Å²) < 4.78 is 5.29. The van der Waals surface area contributed by atoms with Gasteiger partial charge in [-0.3, -0.25) is 9.59 Å². The molecular formula is C19H26N3O3+. The number of hydrogen-bond acceptors (Lipinski definition) is 3. The molecular weight excluding hydrogens is 318 g/mol. The summed E-state index contributed by atoms with van der Waals surface area (Å²) in [7, 11) is 1.91. The van der Waals surface area contributed by atoms with Crippen LogP contribution >= 0.6 is 0 Å². The Balaban J connectivity index is 1.72. The van der Waals surface area contributed by atoms with Crippen LogP contribution < -0.4 is 4.90 Å². The molecule has 2 atom stereocenters. The standard InChI is InChI=1S/C19H25N3O3/c1-13-18(15-6-4-5-7-16(15)20-13)19(24)14(2)21(3)12-17(23)22-8-10-25-11-9-22/h4-7,14,20H,8-12H2,1-3H3/p+1/t14-/m0/s1. The normalized spacial score (nSPS) is 17.5. The van der Waals surface area contributed by atoms with E-state index in [1.807, 2.05) is 50.1 Å². The van der Waals surface area contributed by atoms with Gasteiger partial charge in [0.2, 0.25) is 5.78 Å². The molecule has 1 unspecified atom stereocenters. The molecule has 25 heavy (non-hydrogen) atoms. The Bertz CT molecular complexity index is 777. The van der Waals surface area contributed by atoms with Crippen LogP contribution in [-0.2, 0) is 9.53 Å². The van der Waals surface area contributed by atoms with E-state index in [0.29, 0.717) is 32.8 Å². The molecule has 2 heterocycles. The molecule has 1 aromatic carbocycles. The van der Waals surface area contributed by atoms with E-state index in [2.05, 4.69) is 4.98 Å². The first-order valence-corrected chi connectivity index (χ1v) is 8.78.